The molecule has 0 saturated carbocycles. The summed E-state index contributed by atoms with van der Waals surface area (Å²) in [5.41, 5.74) is 3.33. The Morgan fingerprint density at radius 1 is 0.903 bits per heavy atom. The van der Waals surface area contributed by atoms with Gasteiger partial charge in [0.1, 0.15) is 11.6 Å². The molecule has 1 heterocycles. The minimum Gasteiger partial charge on any atom is -0.495 e. The van der Waals surface area contributed by atoms with Crippen LogP contribution in [0, 0.1) is 5.82 Å². The highest BCUT2D eigenvalue weighted by molar-refractivity contribution is 6.05. The number of rotatable bonds is 6. The van der Waals surface area contributed by atoms with Crippen LogP contribution in [0.1, 0.15) is 10.4 Å². The highest BCUT2D eigenvalue weighted by Crippen LogP contribution is 2.24. The zero-order valence-electron chi connectivity index (χ0n) is 16.7. The lowest BCUT2D eigenvalue weighted by molar-refractivity contribution is 0.102. The third kappa shape index (κ3) is 4.84. The van der Waals surface area contributed by atoms with Crippen molar-refractivity contribution >= 4 is 23.2 Å². The summed E-state index contributed by atoms with van der Waals surface area (Å²) in [4.78, 5) is 21.3. The van der Waals surface area contributed by atoms with Gasteiger partial charge < -0.3 is 15.4 Å². The highest BCUT2D eigenvalue weighted by atomic mass is 19.1. The molecule has 4 rings (SSSR count). The van der Waals surface area contributed by atoms with Gasteiger partial charge in [0.05, 0.1) is 12.8 Å². The third-order valence-corrected chi connectivity index (χ3v) is 4.57. The molecule has 4 aromatic rings. The van der Waals surface area contributed by atoms with Gasteiger partial charge in [-0.15, -0.1) is 0 Å². The molecule has 31 heavy (non-hydrogen) atoms. The van der Waals surface area contributed by atoms with Crippen LogP contribution < -0.4 is 15.4 Å². The molecule has 6 nitrogen and oxygen atoms in total. The lowest BCUT2D eigenvalue weighted by atomic mass is 10.1. The van der Waals surface area contributed by atoms with Crippen LogP contribution in [-0.4, -0.2) is 23.0 Å². The molecule has 0 aliphatic carbocycles. The van der Waals surface area contributed by atoms with E-state index in [2.05, 4.69) is 20.6 Å². The van der Waals surface area contributed by atoms with Crippen LogP contribution in [0.3, 0.4) is 0 Å². The fourth-order valence-electron chi connectivity index (χ4n) is 2.99. The van der Waals surface area contributed by atoms with E-state index in [-0.39, 0.29) is 11.7 Å². The molecule has 7 heteroatoms. The number of hydrogen-bond acceptors (Lipinski definition) is 5. The molecule has 0 aliphatic heterocycles. The maximum absolute atomic E-state index is 13.1. The summed E-state index contributed by atoms with van der Waals surface area (Å²) >= 11 is 0. The third-order valence-electron chi connectivity index (χ3n) is 4.57. The van der Waals surface area contributed by atoms with Crippen LogP contribution >= 0.6 is 0 Å². The number of benzene rings is 3. The molecule has 0 atom stereocenters. The molecule has 1 aromatic heterocycles. The number of ether oxygens (including phenoxy) is 1. The summed E-state index contributed by atoms with van der Waals surface area (Å²) in [6.07, 6.45) is 3.31. The minimum absolute atomic E-state index is 0.263. The Morgan fingerprint density at radius 3 is 2.39 bits per heavy atom. The first-order chi connectivity index (χ1) is 15.1. The Labute approximate surface area is 178 Å². The number of amides is 1. The van der Waals surface area contributed by atoms with Crippen LogP contribution in [0.4, 0.5) is 21.7 Å². The topological polar surface area (TPSA) is 76.1 Å². The maximum Gasteiger partial charge on any atom is 0.255 e. The zero-order chi connectivity index (χ0) is 21.6. The maximum atomic E-state index is 13.1. The Morgan fingerprint density at radius 2 is 1.65 bits per heavy atom. The predicted molar refractivity (Wildman–Crippen MR) is 118 cm³/mol. The summed E-state index contributed by atoms with van der Waals surface area (Å²) in [5, 5.41) is 5.94. The lowest BCUT2D eigenvalue weighted by Gasteiger charge is -2.11. The van der Waals surface area contributed by atoms with Gasteiger partial charge in [-0.3, -0.25) is 4.79 Å². The number of para-hydroxylation sites is 2. The van der Waals surface area contributed by atoms with Crippen molar-refractivity contribution in [3.63, 3.8) is 0 Å². The van der Waals surface area contributed by atoms with Crippen LogP contribution in [0.15, 0.2) is 85.2 Å². The fourth-order valence-corrected chi connectivity index (χ4v) is 2.99. The predicted octanol–water partition coefficient (Wildman–Crippen LogP) is 5.29. The van der Waals surface area contributed by atoms with Gasteiger partial charge in [0, 0.05) is 29.2 Å². The van der Waals surface area contributed by atoms with Gasteiger partial charge in [0.2, 0.25) is 5.95 Å². The lowest BCUT2D eigenvalue weighted by Crippen LogP contribution is -2.12. The van der Waals surface area contributed by atoms with Crippen molar-refractivity contribution in [2.75, 3.05) is 17.7 Å². The van der Waals surface area contributed by atoms with Crippen molar-refractivity contribution in [3.05, 3.63) is 96.6 Å². The molecule has 0 saturated heterocycles. The van der Waals surface area contributed by atoms with Gasteiger partial charge in [-0.2, -0.15) is 0 Å². The van der Waals surface area contributed by atoms with Crippen molar-refractivity contribution in [1.29, 1.82) is 0 Å². The van der Waals surface area contributed by atoms with E-state index in [0.717, 1.165) is 11.1 Å². The molecule has 2 N–H and O–H groups in total. The molecule has 0 radical (unpaired) electrons. The monoisotopic (exact) mass is 414 g/mol. The number of carbonyl (C=O) groups is 1. The normalized spacial score (nSPS) is 10.4. The van der Waals surface area contributed by atoms with Crippen LogP contribution in [0.2, 0.25) is 0 Å². The number of methoxy groups -OCH3 is 1. The second-order valence-corrected chi connectivity index (χ2v) is 6.66. The molecule has 1 amide bonds. The van der Waals surface area contributed by atoms with Crippen molar-refractivity contribution in [1.82, 2.24) is 9.97 Å². The van der Waals surface area contributed by atoms with E-state index in [9.17, 15) is 9.18 Å². The minimum atomic E-state index is -0.294. The van der Waals surface area contributed by atoms with Crippen LogP contribution in [0.25, 0.3) is 11.1 Å². The Kier molecular flexibility index (Phi) is 5.84. The van der Waals surface area contributed by atoms with E-state index < -0.39 is 0 Å². The molecule has 0 bridgehead atoms. The number of hydrogen-bond donors (Lipinski definition) is 2. The molecular weight excluding hydrogens is 395 g/mol. The molecule has 0 spiro atoms. The van der Waals surface area contributed by atoms with Crippen molar-refractivity contribution in [2.45, 2.75) is 0 Å². The number of aromatic nitrogens is 2. The smallest absolute Gasteiger partial charge is 0.255 e. The van der Waals surface area contributed by atoms with E-state index in [1.165, 1.54) is 12.1 Å². The molecular formula is C24H19FN4O2. The van der Waals surface area contributed by atoms with Gasteiger partial charge in [-0.05, 0) is 48.0 Å². The van der Waals surface area contributed by atoms with E-state index in [0.29, 0.717) is 28.6 Å². The van der Waals surface area contributed by atoms with Gasteiger partial charge in [-0.1, -0.05) is 30.3 Å². The fraction of sp³-hybridized carbons (Fsp3) is 0.0417. The molecule has 0 fully saturated rings. The molecule has 0 unspecified atom stereocenters. The number of nitrogens with zero attached hydrogens (tertiary/aromatic N) is 2. The van der Waals surface area contributed by atoms with Crippen LogP contribution in [0.5, 0.6) is 5.75 Å². The first kappa shape index (κ1) is 20.0. The summed E-state index contributed by atoms with van der Waals surface area (Å²) < 4.78 is 18.4. The van der Waals surface area contributed by atoms with Gasteiger partial charge in [-0.25, -0.2) is 14.4 Å². The SMILES string of the molecule is COc1ccccc1NC(=O)c1cccc(Nc2ncc(-c3ccc(F)cc3)cn2)c1. The van der Waals surface area contributed by atoms with E-state index in [1.54, 1.807) is 62.0 Å². The van der Waals surface area contributed by atoms with Gasteiger partial charge >= 0.3 is 0 Å². The second kappa shape index (κ2) is 9.04. The Bertz CT molecular complexity index is 1190. The highest BCUT2D eigenvalue weighted by Gasteiger charge is 2.10. The first-order valence-electron chi connectivity index (χ1n) is 9.52. The van der Waals surface area contributed by atoms with E-state index in [4.69, 9.17) is 4.74 Å². The number of carbonyl (C=O) groups excluding carboxylic acids is 1. The second-order valence-electron chi connectivity index (χ2n) is 6.66. The number of nitrogens with one attached hydrogen (secondary N) is 2. The molecule has 0 aliphatic rings. The summed E-state index contributed by atoms with van der Waals surface area (Å²) in [6.45, 7) is 0. The Balaban J connectivity index is 1.47. The standard InChI is InChI=1S/C24H19FN4O2/c1-31-22-8-3-2-7-21(22)29-23(30)17-5-4-6-20(13-17)28-24-26-14-18(15-27-24)16-9-11-19(25)12-10-16/h2-15H,1H3,(H,29,30)(H,26,27,28). The molecule has 3 aromatic carbocycles. The summed E-state index contributed by atoms with van der Waals surface area (Å²) in [6, 6.07) is 20.3. The number of halogens is 1. The summed E-state index contributed by atoms with van der Waals surface area (Å²) in [7, 11) is 1.55. The quantitative estimate of drug-likeness (QED) is 0.449. The zero-order valence-corrected chi connectivity index (χ0v) is 16.7. The molecule has 154 valence electrons. The average molecular weight is 414 g/mol. The van der Waals surface area contributed by atoms with Crippen molar-refractivity contribution in [2.24, 2.45) is 0 Å². The van der Waals surface area contributed by atoms with Crippen molar-refractivity contribution in [3.8, 4) is 16.9 Å². The van der Waals surface area contributed by atoms with Crippen molar-refractivity contribution < 1.29 is 13.9 Å². The first-order valence-corrected chi connectivity index (χ1v) is 9.52. The Hall–Kier alpha value is -4.26. The largest absolute Gasteiger partial charge is 0.495 e. The van der Waals surface area contributed by atoms with Gasteiger partial charge in [0.15, 0.2) is 0 Å². The average Bonchev–Trinajstić information content (AvgIpc) is 2.81. The van der Waals surface area contributed by atoms with E-state index >= 15 is 0 Å². The van der Waals surface area contributed by atoms with Gasteiger partial charge in [0.25, 0.3) is 5.91 Å². The number of anilines is 3. The summed E-state index contributed by atoms with van der Waals surface area (Å²) in [5.74, 6) is 0.409. The van der Waals surface area contributed by atoms with Crippen LogP contribution in [-0.2, 0) is 0 Å². The van der Waals surface area contributed by atoms with E-state index in [1.807, 2.05) is 18.2 Å².